The van der Waals surface area contributed by atoms with Crippen molar-refractivity contribution in [3.05, 3.63) is 71.5 Å². The number of para-hydroxylation sites is 1. The van der Waals surface area contributed by atoms with Crippen LogP contribution in [0, 0.1) is 41.7 Å². The van der Waals surface area contributed by atoms with E-state index in [4.69, 9.17) is 4.74 Å². The SMILES string of the molecule is O=C([C]1[CH][CH][CH][CH]1)[C@H]1O[C@@H]1c1ccccc1[N+](=O)[O-]. The van der Waals surface area contributed by atoms with E-state index < -0.39 is 17.1 Å². The number of benzene rings is 1. The fourth-order valence-electron chi connectivity index (χ4n) is 2.15. The van der Waals surface area contributed by atoms with E-state index in [9.17, 15) is 14.9 Å². The molecule has 1 saturated heterocycles. The van der Waals surface area contributed by atoms with Crippen LogP contribution in [0.25, 0.3) is 0 Å². The highest BCUT2D eigenvalue weighted by Gasteiger charge is 2.50. The minimum atomic E-state index is -0.608. The number of ketones is 1. The Bertz CT molecular complexity index is 522. The Kier molecular flexibility index (Phi) is 3.06. The number of epoxide rings is 1. The van der Waals surface area contributed by atoms with Crippen molar-refractivity contribution >= 4 is 11.5 Å². The number of carbonyl (C=O) groups excluding carboxylic acids is 1. The van der Waals surface area contributed by atoms with Crippen LogP contribution in [0.5, 0.6) is 0 Å². The number of hydrogen-bond donors (Lipinski definition) is 0. The van der Waals surface area contributed by atoms with Gasteiger partial charge in [0.15, 0.2) is 5.78 Å². The summed E-state index contributed by atoms with van der Waals surface area (Å²) in [7, 11) is 0. The largest absolute Gasteiger partial charge is 0.356 e. The van der Waals surface area contributed by atoms with Crippen LogP contribution < -0.4 is 0 Å². The molecule has 5 radical (unpaired) electrons. The van der Waals surface area contributed by atoms with Crippen LogP contribution in [0.3, 0.4) is 0 Å². The lowest BCUT2D eigenvalue weighted by molar-refractivity contribution is -0.385. The molecule has 0 N–H and O–H groups in total. The molecule has 0 spiro atoms. The molecule has 1 aromatic carbocycles. The molecule has 2 aliphatic rings. The van der Waals surface area contributed by atoms with Crippen molar-refractivity contribution in [2.75, 3.05) is 0 Å². The minimum Gasteiger partial charge on any atom is -0.356 e. The summed E-state index contributed by atoms with van der Waals surface area (Å²) in [5.41, 5.74) is 0.447. The molecule has 19 heavy (non-hydrogen) atoms. The molecule has 5 nitrogen and oxygen atoms in total. The Morgan fingerprint density at radius 3 is 2.58 bits per heavy atom. The van der Waals surface area contributed by atoms with Crippen molar-refractivity contribution in [3.63, 3.8) is 0 Å². The van der Waals surface area contributed by atoms with Gasteiger partial charge in [0.2, 0.25) is 0 Å². The van der Waals surface area contributed by atoms with Gasteiger partial charge in [0.25, 0.3) is 5.69 Å². The molecule has 2 fully saturated rings. The lowest BCUT2D eigenvalue weighted by Gasteiger charge is -2.03. The zero-order valence-corrected chi connectivity index (χ0v) is 9.85. The zero-order chi connectivity index (χ0) is 13.4. The average Bonchev–Trinajstić information content (AvgIpc) is 3.02. The summed E-state index contributed by atoms with van der Waals surface area (Å²) in [6.45, 7) is 0. The Morgan fingerprint density at radius 2 is 1.89 bits per heavy atom. The van der Waals surface area contributed by atoms with Crippen molar-refractivity contribution in [1.82, 2.24) is 0 Å². The summed E-state index contributed by atoms with van der Waals surface area (Å²) < 4.78 is 5.33. The third kappa shape index (κ3) is 2.26. The first kappa shape index (κ1) is 12.3. The summed E-state index contributed by atoms with van der Waals surface area (Å²) in [6, 6.07) is 6.34. The Morgan fingerprint density at radius 1 is 1.21 bits per heavy atom. The predicted molar refractivity (Wildman–Crippen MR) is 66.2 cm³/mol. The molecule has 95 valence electrons. The Hall–Kier alpha value is -1.75. The highest BCUT2D eigenvalue weighted by Crippen LogP contribution is 2.45. The normalized spacial score (nSPS) is 26.3. The van der Waals surface area contributed by atoms with Crippen LogP contribution in [0.4, 0.5) is 5.69 Å². The van der Waals surface area contributed by atoms with Gasteiger partial charge in [-0.1, -0.05) is 12.1 Å². The maximum absolute atomic E-state index is 12.0. The van der Waals surface area contributed by atoms with Crippen LogP contribution in [-0.2, 0) is 9.53 Å². The second-order valence-corrected chi connectivity index (χ2v) is 4.33. The van der Waals surface area contributed by atoms with Gasteiger partial charge in [0.05, 0.1) is 16.4 Å². The molecular formula is C14H10NO4. The van der Waals surface area contributed by atoms with Crippen molar-refractivity contribution in [2.24, 2.45) is 0 Å². The predicted octanol–water partition coefficient (Wildman–Crippen LogP) is 2.01. The molecule has 0 aromatic heterocycles. The first-order chi connectivity index (χ1) is 9.18. The number of nitrogens with zero attached hydrogens (tertiary/aromatic N) is 1. The third-order valence-corrected chi connectivity index (χ3v) is 3.14. The van der Waals surface area contributed by atoms with Gasteiger partial charge in [-0.2, -0.15) is 0 Å². The van der Waals surface area contributed by atoms with Gasteiger partial charge in [-0.15, -0.1) is 0 Å². The number of ether oxygens (including phenoxy) is 1. The molecule has 5 heteroatoms. The third-order valence-electron chi connectivity index (χ3n) is 3.14. The highest BCUT2D eigenvalue weighted by molar-refractivity contribution is 6.02. The summed E-state index contributed by atoms with van der Waals surface area (Å²) in [4.78, 5) is 22.5. The fourth-order valence-corrected chi connectivity index (χ4v) is 2.15. The number of nitro benzene ring substituents is 1. The number of rotatable bonds is 4. The number of Topliss-reactive ketones (excluding diaryl/α,β-unsaturated/α-hetero) is 1. The van der Waals surface area contributed by atoms with Crippen molar-refractivity contribution in [2.45, 2.75) is 12.2 Å². The lowest BCUT2D eigenvalue weighted by atomic mass is 9.96. The summed E-state index contributed by atoms with van der Waals surface area (Å²) >= 11 is 0. The van der Waals surface area contributed by atoms with E-state index in [1.54, 1.807) is 43.9 Å². The molecule has 1 saturated carbocycles. The topological polar surface area (TPSA) is 72.7 Å². The first-order valence-electron chi connectivity index (χ1n) is 5.83. The highest BCUT2D eigenvalue weighted by atomic mass is 16.6. The number of carbonyl (C=O) groups is 1. The van der Waals surface area contributed by atoms with E-state index in [-0.39, 0.29) is 11.5 Å². The average molecular weight is 256 g/mol. The van der Waals surface area contributed by atoms with Gasteiger partial charge in [-0.25, -0.2) is 0 Å². The van der Waals surface area contributed by atoms with Gasteiger partial charge in [0.1, 0.15) is 12.2 Å². The summed E-state index contributed by atoms with van der Waals surface area (Å²) in [5.74, 6) is 0.444. The van der Waals surface area contributed by atoms with Gasteiger partial charge in [-0.3, -0.25) is 14.9 Å². The van der Waals surface area contributed by atoms with Gasteiger partial charge in [-0.05, 0) is 31.7 Å². The number of hydrogen-bond acceptors (Lipinski definition) is 4. The molecule has 1 aromatic rings. The van der Waals surface area contributed by atoms with Crippen LogP contribution in [0.15, 0.2) is 24.3 Å². The Labute approximate surface area is 110 Å². The zero-order valence-electron chi connectivity index (χ0n) is 9.85. The monoisotopic (exact) mass is 256 g/mol. The van der Waals surface area contributed by atoms with Gasteiger partial charge in [0, 0.05) is 6.07 Å². The van der Waals surface area contributed by atoms with Crippen molar-refractivity contribution < 1.29 is 14.5 Å². The molecule has 0 bridgehead atoms. The summed E-state index contributed by atoms with van der Waals surface area (Å²) in [5, 5.41) is 10.9. The van der Waals surface area contributed by atoms with E-state index in [2.05, 4.69) is 0 Å². The number of nitro groups is 1. The Balaban J connectivity index is 1.76. The molecular weight excluding hydrogens is 246 g/mol. The fraction of sp³-hybridized carbons (Fsp3) is 0.143. The van der Waals surface area contributed by atoms with Crippen LogP contribution in [0.1, 0.15) is 11.7 Å². The van der Waals surface area contributed by atoms with Crippen molar-refractivity contribution in [3.8, 4) is 0 Å². The maximum atomic E-state index is 12.0. The standard InChI is InChI=1S/C14H10NO4/c16-12(9-5-1-2-6-9)14-13(19-14)10-7-3-4-8-11(10)15(17)18/h1-8,13-14H/t13-,14-/m1/s1. The van der Waals surface area contributed by atoms with E-state index in [0.29, 0.717) is 11.5 Å². The molecule has 0 unspecified atom stereocenters. The molecule has 2 atom stereocenters. The second kappa shape index (κ2) is 4.74. The molecule has 0 amide bonds. The van der Waals surface area contributed by atoms with E-state index in [1.807, 2.05) is 0 Å². The van der Waals surface area contributed by atoms with E-state index in [0.717, 1.165) is 0 Å². The van der Waals surface area contributed by atoms with Crippen LogP contribution in [0.2, 0.25) is 0 Å². The smallest absolute Gasteiger partial charge is 0.275 e. The van der Waals surface area contributed by atoms with E-state index in [1.165, 1.54) is 6.07 Å². The van der Waals surface area contributed by atoms with Crippen LogP contribution in [-0.4, -0.2) is 16.8 Å². The van der Waals surface area contributed by atoms with Gasteiger partial charge < -0.3 is 4.74 Å². The molecule has 1 aliphatic heterocycles. The second-order valence-electron chi connectivity index (χ2n) is 4.33. The van der Waals surface area contributed by atoms with E-state index >= 15 is 0 Å². The van der Waals surface area contributed by atoms with Crippen LogP contribution >= 0.6 is 0 Å². The van der Waals surface area contributed by atoms with Crippen molar-refractivity contribution in [1.29, 1.82) is 0 Å². The first-order valence-corrected chi connectivity index (χ1v) is 5.83. The maximum Gasteiger partial charge on any atom is 0.275 e. The molecule has 1 heterocycles. The molecule has 1 aliphatic carbocycles. The molecule has 3 rings (SSSR count). The quantitative estimate of drug-likeness (QED) is 0.469. The summed E-state index contributed by atoms with van der Waals surface area (Å²) in [6.07, 6.45) is 5.85. The lowest BCUT2D eigenvalue weighted by Crippen LogP contribution is -2.16. The van der Waals surface area contributed by atoms with Gasteiger partial charge >= 0.3 is 0 Å². The minimum absolute atomic E-state index is 0.00898.